The summed E-state index contributed by atoms with van der Waals surface area (Å²) in [6.07, 6.45) is 0. The van der Waals surface area contributed by atoms with Crippen LogP contribution in [-0.2, 0) is 0 Å². The van der Waals surface area contributed by atoms with Crippen molar-refractivity contribution in [2.24, 2.45) is 5.73 Å². The fraction of sp³-hybridized carbons (Fsp3) is 0.333. The van der Waals surface area contributed by atoms with Crippen LogP contribution in [0.4, 0.5) is 0 Å². The van der Waals surface area contributed by atoms with E-state index in [0.717, 1.165) is 28.2 Å². The Hall–Kier alpha value is -1.54. The molecule has 0 spiro atoms. The number of hydrogen-bond acceptors (Lipinski definition) is 2. The van der Waals surface area contributed by atoms with Crippen molar-refractivity contribution >= 4 is 0 Å². The van der Waals surface area contributed by atoms with E-state index < -0.39 is 0 Å². The predicted octanol–water partition coefficient (Wildman–Crippen LogP) is 3.56. The van der Waals surface area contributed by atoms with Crippen molar-refractivity contribution in [2.45, 2.75) is 33.7 Å². The van der Waals surface area contributed by atoms with Crippen molar-refractivity contribution in [3.05, 3.63) is 58.0 Å². The van der Waals surface area contributed by atoms with Crippen LogP contribution in [-0.4, -0.2) is 0 Å². The Morgan fingerprint density at radius 3 is 2.00 bits per heavy atom. The molecule has 0 saturated heterocycles. The van der Waals surface area contributed by atoms with Crippen molar-refractivity contribution in [1.82, 2.24) is 0 Å². The van der Waals surface area contributed by atoms with Gasteiger partial charge in [0.15, 0.2) is 0 Å². The minimum atomic E-state index is -0.104. The molecule has 1 atom stereocenters. The van der Waals surface area contributed by atoms with Gasteiger partial charge < -0.3 is 10.2 Å². The molecular weight excluding hydrogens is 210 g/mol. The van der Waals surface area contributed by atoms with Gasteiger partial charge in [-0.3, -0.25) is 0 Å². The van der Waals surface area contributed by atoms with Crippen LogP contribution in [0.5, 0.6) is 0 Å². The Balaban J connectivity index is 2.43. The highest BCUT2D eigenvalue weighted by molar-refractivity contribution is 5.40. The van der Waals surface area contributed by atoms with Gasteiger partial charge in [0.05, 0.1) is 6.04 Å². The molecule has 2 aromatic rings. The molecule has 1 aromatic heterocycles. The lowest BCUT2D eigenvalue weighted by Gasteiger charge is -2.13. The zero-order valence-corrected chi connectivity index (χ0v) is 10.9. The minimum absolute atomic E-state index is 0.104. The average Bonchev–Trinajstić information content (AvgIpc) is 2.53. The van der Waals surface area contributed by atoms with Crippen LogP contribution in [0.15, 0.2) is 28.7 Å². The number of furan rings is 1. The van der Waals surface area contributed by atoms with Gasteiger partial charge in [0.25, 0.3) is 0 Å². The molecule has 17 heavy (non-hydrogen) atoms. The van der Waals surface area contributed by atoms with Crippen molar-refractivity contribution in [3.63, 3.8) is 0 Å². The van der Waals surface area contributed by atoms with E-state index in [2.05, 4.69) is 38.1 Å². The topological polar surface area (TPSA) is 39.2 Å². The zero-order chi connectivity index (χ0) is 12.6. The molecule has 1 aromatic carbocycles. The second-order valence-electron chi connectivity index (χ2n) is 4.64. The first-order valence-corrected chi connectivity index (χ1v) is 5.89. The highest BCUT2D eigenvalue weighted by Crippen LogP contribution is 2.29. The molecule has 2 heteroatoms. The molecule has 0 aliphatic heterocycles. The van der Waals surface area contributed by atoms with Gasteiger partial charge in [-0.15, -0.1) is 0 Å². The quantitative estimate of drug-likeness (QED) is 0.855. The summed E-state index contributed by atoms with van der Waals surface area (Å²) in [5, 5.41) is 0. The average molecular weight is 229 g/mol. The van der Waals surface area contributed by atoms with Crippen LogP contribution < -0.4 is 5.73 Å². The monoisotopic (exact) mass is 229 g/mol. The van der Waals surface area contributed by atoms with Crippen LogP contribution in [0.1, 0.15) is 39.8 Å². The Morgan fingerprint density at radius 2 is 1.53 bits per heavy atom. The van der Waals surface area contributed by atoms with Crippen molar-refractivity contribution in [2.75, 3.05) is 0 Å². The number of nitrogens with two attached hydrogens (primary N) is 1. The molecule has 0 aliphatic carbocycles. The van der Waals surface area contributed by atoms with E-state index in [-0.39, 0.29) is 6.04 Å². The lowest BCUT2D eigenvalue weighted by atomic mass is 9.96. The van der Waals surface area contributed by atoms with Crippen LogP contribution in [0.3, 0.4) is 0 Å². The van der Waals surface area contributed by atoms with Crippen LogP contribution in [0.2, 0.25) is 0 Å². The third-order valence-corrected chi connectivity index (χ3v) is 3.37. The smallest absolute Gasteiger partial charge is 0.106 e. The molecule has 2 rings (SSSR count). The molecule has 0 radical (unpaired) electrons. The number of hydrogen-bond donors (Lipinski definition) is 1. The third-order valence-electron chi connectivity index (χ3n) is 3.37. The van der Waals surface area contributed by atoms with E-state index in [1.54, 1.807) is 0 Å². The fourth-order valence-corrected chi connectivity index (χ4v) is 2.21. The van der Waals surface area contributed by atoms with Crippen LogP contribution >= 0.6 is 0 Å². The number of aryl methyl sites for hydroxylation is 3. The second-order valence-corrected chi connectivity index (χ2v) is 4.64. The normalized spacial score (nSPS) is 12.8. The van der Waals surface area contributed by atoms with Gasteiger partial charge in [-0.2, -0.15) is 0 Å². The van der Waals surface area contributed by atoms with Gasteiger partial charge >= 0.3 is 0 Å². The van der Waals surface area contributed by atoms with E-state index in [1.807, 2.05) is 13.8 Å². The Labute approximate surface area is 102 Å². The number of rotatable bonds is 2. The lowest BCUT2D eigenvalue weighted by Crippen LogP contribution is -2.13. The van der Waals surface area contributed by atoms with Gasteiger partial charge in [0, 0.05) is 5.56 Å². The number of benzene rings is 1. The largest absolute Gasteiger partial charge is 0.466 e. The first-order chi connectivity index (χ1) is 8.00. The van der Waals surface area contributed by atoms with Gasteiger partial charge in [0.2, 0.25) is 0 Å². The van der Waals surface area contributed by atoms with Crippen LogP contribution in [0, 0.1) is 27.7 Å². The molecular formula is C15H19NO. The van der Waals surface area contributed by atoms with Crippen molar-refractivity contribution in [1.29, 1.82) is 0 Å². The predicted molar refractivity (Wildman–Crippen MR) is 70.1 cm³/mol. The van der Waals surface area contributed by atoms with Crippen LogP contribution in [0.25, 0.3) is 0 Å². The molecule has 0 bridgehead atoms. The first kappa shape index (κ1) is 11.9. The van der Waals surface area contributed by atoms with Gasteiger partial charge in [-0.1, -0.05) is 29.8 Å². The van der Waals surface area contributed by atoms with E-state index in [0.29, 0.717) is 0 Å². The first-order valence-electron chi connectivity index (χ1n) is 5.89. The van der Waals surface area contributed by atoms with Gasteiger partial charge in [0.1, 0.15) is 11.5 Å². The maximum Gasteiger partial charge on any atom is 0.106 e. The maximum absolute atomic E-state index is 6.32. The summed E-state index contributed by atoms with van der Waals surface area (Å²) in [5.74, 6) is 1.88. The highest BCUT2D eigenvalue weighted by Gasteiger charge is 2.18. The summed E-state index contributed by atoms with van der Waals surface area (Å²) in [4.78, 5) is 0. The summed E-state index contributed by atoms with van der Waals surface area (Å²) in [5.41, 5.74) is 11.0. The molecule has 2 nitrogen and oxygen atoms in total. The second kappa shape index (κ2) is 4.38. The van der Waals surface area contributed by atoms with E-state index in [9.17, 15) is 0 Å². The SMILES string of the molecule is Cc1ccc(C(N)c2c(C)oc(C)c2C)cc1. The minimum Gasteiger partial charge on any atom is -0.466 e. The Morgan fingerprint density at radius 1 is 0.941 bits per heavy atom. The summed E-state index contributed by atoms with van der Waals surface area (Å²) >= 11 is 0. The molecule has 2 N–H and O–H groups in total. The highest BCUT2D eigenvalue weighted by atomic mass is 16.3. The lowest BCUT2D eigenvalue weighted by molar-refractivity contribution is 0.498. The maximum atomic E-state index is 6.32. The summed E-state index contributed by atoms with van der Waals surface area (Å²) in [6.45, 7) is 8.10. The molecule has 1 heterocycles. The zero-order valence-electron chi connectivity index (χ0n) is 10.9. The van der Waals surface area contributed by atoms with Gasteiger partial charge in [-0.25, -0.2) is 0 Å². The summed E-state index contributed by atoms with van der Waals surface area (Å²) < 4.78 is 5.63. The Kier molecular flexibility index (Phi) is 3.07. The molecule has 0 amide bonds. The standard InChI is InChI=1S/C15H19NO/c1-9-5-7-13(8-6-9)15(16)14-10(2)11(3)17-12(14)4/h5-8,15H,16H2,1-4H3. The fourth-order valence-electron chi connectivity index (χ4n) is 2.21. The molecule has 0 saturated carbocycles. The molecule has 0 aliphatic rings. The van der Waals surface area contributed by atoms with Crippen molar-refractivity contribution < 1.29 is 4.42 Å². The molecule has 0 fully saturated rings. The van der Waals surface area contributed by atoms with E-state index >= 15 is 0 Å². The summed E-state index contributed by atoms with van der Waals surface area (Å²) in [7, 11) is 0. The summed E-state index contributed by atoms with van der Waals surface area (Å²) in [6, 6.07) is 8.25. The van der Waals surface area contributed by atoms with E-state index in [4.69, 9.17) is 10.2 Å². The molecule has 90 valence electrons. The van der Waals surface area contributed by atoms with E-state index in [1.165, 1.54) is 5.56 Å². The van der Waals surface area contributed by atoms with Gasteiger partial charge in [-0.05, 0) is 38.8 Å². The van der Waals surface area contributed by atoms with Crippen molar-refractivity contribution in [3.8, 4) is 0 Å². The third kappa shape index (κ3) is 2.13. The Bertz CT molecular complexity index is 523. The molecule has 1 unspecified atom stereocenters.